The Balaban J connectivity index is 1.74. The van der Waals surface area contributed by atoms with Crippen molar-refractivity contribution in [2.45, 2.75) is 12.5 Å². The van der Waals surface area contributed by atoms with Gasteiger partial charge in [0.1, 0.15) is 0 Å². The molecule has 0 bridgehead atoms. The summed E-state index contributed by atoms with van der Waals surface area (Å²) in [4.78, 5) is 0. The van der Waals surface area contributed by atoms with Crippen molar-refractivity contribution < 1.29 is 0 Å². The van der Waals surface area contributed by atoms with E-state index >= 15 is 0 Å². The Hall–Kier alpha value is -1.65. The summed E-state index contributed by atoms with van der Waals surface area (Å²) in [5.74, 6) is 0.374. The smallest absolute Gasteiger partial charge is 0.0216 e. The van der Waals surface area contributed by atoms with Gasteiger partial charge in [0.2, 0.25) is 0 Å². The van der Waals surface area contributed by atoms with E-state index < -0.39 is 0 Å². The van der Waals surface area contributed by atoms with Crippen LogP contribution >= 0.6 is 22.6 Å². The van der Waals surface area contributed by atoms with Crippen LogP contribution in [0, 0.1) is 3.57 Å². The molecule has 0 unspecified atom stereocenters. The van der Waals surface area contributed by atoms with Crippen molar-refractivity contribution in [2.75, 3.05) is 6.54 Å². The van der Waals surface area contributed by atoms with Crippen LogP contribution in [0.15, 0.2) is 84.9 Å². The number of benzene rings is 3. The molecule has 23 heavy (non-hydrogen) atoms. The van der Waals surface area contributed by atoms with E-state index in [9.17, 15) is 0 Å². The lowest BCUT2D eigenvalue weighted by atomic mass is 9.91. The molecule has 0 radical (unpaired) electrons. The van der Waals surface area contributed by atoms with Gasteiger partial charge in [-0.25, -0.2) is 0 Å². The van der Waals surface area contributed by atoms with Gasteiger partial charge < -0.3 is 5.32 Å². The fourth-order valence-electron chi connectivity index (χ4n) is 2.79. The van der Waals surface area contributed by atoms with Crippen LogP contribution in [0.2, 0.25) is 0 Å². The second kappa shape index (κ2) is 8.27. The molecule has 0 saturated carbocycles. The van der Waals surface area contributed by atoms with E-state index in [4.69, 9.17) is 0 Å². The fraction of sp³-hybridized carbons (Fsp3) is 0.143. The minimum Gasteiger partial charge on any atom is -0.312 e. The average molecular weight is 413 g/mol. The summed E-state index contributed by atoms with van der Waals surface area (Å²) in [6.07, 6.45) is 0. The molecule has 0 fully saturated rings. The molecule has 0 atom stereocenters. The van der Waals surface area contributed by atoms with Crippen LogP contribution in [-0.2, 0) is 6.54 Å². The summed E-state index contributed by atoms with van der Waals surface area (Å²) in [7, 11) is 0. The zero-order valence-electron chi connectivity index (χ0n) is 13.0. The first-order valence-corrected chi connectivity index (χ1v) is 8.96. The molecular weight excluding hydrogens is 393 g/mol. The van der Waals surface area contributed by atoms with Gasteiger partial charge in [-0.05, 0) is 45.3 Å². The average Bonchev–Trinajstić information content (AvgIpc) is 2.62. The molecular formula is C21H20IN. The molecule has 0 aromatic heterocycles. The highest BCUT2D eigenvalue weighted by atomic mass is 127. The van der Waals surface area contributed by atoms with E-state index in [1.165, 1.54) is 20.3 Å². The van der Waals surface area contributed by atoms with Crippen LogP contribution in [0.1, 0.15) is 22.6 Å². The molecule has 1 N–H and O–H groups in total. The maximum Gasteiger partial charge on any atom is 0.0216 e. The van der Waals surface area contributed by atoms with Gasteiger partial charge in [-0.3, -0.25) is 0 Å². The molecule has 1 nitrogen and oxygen atoms in total. The minimum absolute atomic E-state index is 0.374. The molecule has 0 aliphatic carbocycles. The van der Waals surface area contributed by atoms with Crippen LogP contribution in [0.4, 0.5) is 0 Å². The fourth-order valence-corrected chi connectivity index (χ4v) is 3.37. The van der Waals surface area contributed by atoms with Gasteiger partial charge in [0, 0.05) is 22.6 Å². The maximum atomic E-state index is 3.63. The van der Waals surface area contributed by atoms with Crippen LogP contribution in [0.5, 0.6) is 0 Å². The van der Waals surface area contributed by atoms with Gasteiger partial charge in [0.15, 0.2) is 0 Å². The summed E-state index contributed by atoms with van der Waals surface area (Å²) in [5, 5.41) is 3.63. The second-order valence-electron chi connectivity index (χ2n) is 5.60. The minimum atomic E-state index is 0.374. The third-order valence-corrected chi connectivity index (χ3v) is 5.08. The number of nitrogens with one attached hydrogen (secondary N) is 1. The normalized spacial score (nSPS) is 10.9. The summed E-state index contributed by atoms with van der Waals surface area (Å²) in [5.41, 5.74) is 4.07. The first kappa shape index (κ1) is 16.2. The molecule has 0 amide bonds. The van der Waals surface area contributed by atoms with E-state index in [0.717, 1.165) is 13.1 Å². The van der Waals surface area contributed by atoms with E-state index in [-0.39, 0.29) is 0 Å². The van der Waals surface area contributed by atoms with Crippen molar-refractivity contribution in [3.8, 4) is 0 Å². The molecule has 3 rings (SSSR count). The molecule has 0 spiro atoms. The number of halogens is 1. The van der Waals surface area contributed by atoms with Gasteiger partial charge >= 0.3 is 0 Å². The van der Waals surface area contributed by atoms with Gasteiger partial charge in [-0.15, -0.1) is 0 Å². The Kier molecular flexibility index (Phi) is 5.83. The van der Waals surface area contributed by atoms with E-state index in [1.54, 1.807) is 0 Å². The van der Waals surface area contributed by atoms with Crippen LogP contribution in [0.25, 0.3) is 0 Å². The Bertz CT molecular complexity index is 686. The molecule has 0 heterocycles. The standard InChI is InChI=1S/C21H20IN/c22-21-14-8-7-13-19(21)15-23-16-20(17-9-3-1-4-10-17)18-11-5-2-6-12-18/h1-14,20,23H,15-16H2. The Labute approximate surface area is 151 Å². The Morgan fingerprint density at radius 2 is 1.22 bits per heavy atom. The topological polar surface area (TPSA) is 12.0 Å². The first-order chi connectivity index (χ1) is 11.3. The third-order valence-electron chi connectivity index (χ3n) is 4.03. The molecule has 0 aliphatic rings. The van der Waals surface area contributed by atoms with Crippen molar-refractivity contribution in [2.24, 2.45) is 0 Å². The summed E-state index contributed by atoms with van der Waals surface area (Å²) < 4.78 is 1.31. The molecule has 3 aromatic rings. The van der Waals surface area contributed by atoms with Crippen molar-refractivity contribution in [3.05, 3.63) is 105 Å². The highest BCUT2D eigenvalue weighted by Crippen LogP contribution is 2.24. The van der Waals surface area contributed by atoms with Gasteiger partial charge in [0.25, 0.3) is 0 Å². The lowest BCUT2D eigenvalue weighted by Gasteiger charge is -2.19. The van der Waals surface area contributed by atoms with E-state index in [2.05, 4.69) is 113 Å². The van der Waals surface area contributed by atoms with Crippen molar-refractivity contribution in [1.82, 2.24) is 5.32 Å². The van der Waals surface area contributed by atoms with E-state index in [0.29, 0.717) is 5.92 Å². The third kappa shape index (κ3) is 4.43. The summed E-state index contributed by atoms with van der Waals surface area (Å²) in [6.45, 7) is 1.83. The second-order valence-corrected chi connectivity index (χ2v) is 6.76. The SMILES string of the molecule is Ic1ccccc1CNCC(c1ccccc1)c1ccccc1. The zero-order chi connectivity index (χ0) is 15.9. The monoisotopic (exact) mass is 413 g/mol. The largest absolute Gasteiger partial charge is 0.312 e. The molecule has 2 heteroatoms. The predicted octanol–water partition coefficient (Wildman–Crippen LogP) is 5.21. The first-order valence-electron chi connectivity index (χ1n) is 7.88. The van der Waals surface area contributed by atoms with Crippen LogP contribution in [-0.4, -0.2) is 6.54 Å². The predicted molar refractivity (Wildman–Crippen MR) is 106 cm³/mol. The number of hydrogen-bond donors (Lipinski definition) is 1. The number of rotatable bonds is 6. The van der Waals surface area contributed by atoms with Crippen molar-refractivity contribution in [3.63, 3.8) is 0 Å². The van der Waals surface area contributed by atoms with Crippen molar-refractivity contribution in [1.29, 1.82) is 0 Å². The summed E-state index contributed by atoms with van der Waals surface area (Å²) >= 11 is 2.40. The van der Waals surface area contributed by atoms with E-state index in [1.807, 2.05) is 0 Å². The lowest BCUT2D eigenvalue weighted by Crippen LogP contribution is -2.22. The van der Waals surface area contributed by atoms with Crippen LogP contribution in [0.3, 0.4) is 0 Å². The van der Waals surface area contributed by atoms with Gasteiger partial charge in [-0.1, -0.05) is 78.9 Å². The molecule has 0 aliphatic heterocycles. The van der Waals surface area contributed by atoms with Gasteiger partial charge in [0.05, 0.1) is 0 Å². The quantitative estimate of drug-likeness (QED) is 0.547. The molecule has 3 aromatic carbocycles. The lowest BCUT2D eigenvalue weighted by molar-refractivity contribution is 0.635. The van der Waals surface area contributed by atoms with Crippen LogP contribution < -0.4 is 5.32 Å². The molecule has 116 valence electrons. The zero-order valence-corrected chi connectivity index (χ0v) is 15.1. The maximum absolute atomic E-state index is 3.63. The molecule has 0 saturated heterocycles. The van der Waals surface area contributed by atoms with Gasteiger partial charge in [-0.2, -0.15) is 0 Å². The highest BCUT2D eigenvalue weighted by Gasteiger charge is 2.13. The highest BCUT2D eigenvalue weighted by molar-refractivity contribution is 14.1. The Morgan fingerprint density at radius 1 is 0.696 bits per heavy atom. The number of hydrogen-bond acceptors (Lipinski definition) is 1. The Morgan fingerprint density at radius 3 is 1.78 bits per heavy atom. The summed E-state index contributed by atoms with van der Waals surface area (Å²) in [6, 6.07) is 30.0. The van der Waals surface area contributed by atoms with Crippen molar-refractivity contribution >= 4 is 22.6 Å².